The molecule has 0 aliphatic carbocycles. The zero-order valence-electron chi connectivity index (χ0n) is 92.6. The van der Waals surface area contributed by atoms with E-state index in [0.29, 0.717) is 144 Å². The van der Waals surface area contributed by atoms with Gasteiger partial charge in [-0.2, -0.15) is 0 Å². The van der Waals surface area contributed by atoms with E-state index in [0.717, 1.165) is 157 Å². The van der Waals surface area contributed by atoms with Gasteiger partial charge < -0.3 is 83.4 Å². The largest absolute Gasteiger partial charge is 0.478 e. The SMILES string of the molecule is CC(C)C(=O)c1cc(OC=O)ccc1CCN.CC(C)C(=O)c1ccc(OC=O)cc1CCN.CC(C)C(=O)c1cccc(C(=O)O)c1CCN.CC(C)C(=O)c1cccc(CCCN)c1CCN.CC(C)C(=O)c1ccccc1CCN.Cc1cc(CN)cc(CCN)c1C(=O)C(C)C.Cc1cc(N)cc(C(=O)C(C)C)c1CCN.Cc1cccc(C(=O)C(C)C)c1CCN.Cc1cccc(CCN)c1C(=O)C(C)C.O=S(=O)=O. The lowest BCUT2D eigenvalue weighted by molar-refractivity contribution is -0.121. The molecule has 0 radical (unpaired) electrons. The average Bonchev–Trinajstić information content (AvgIpc) is 0.812. The molecule has 0 unspecified atom stereocenters. The molecular formula is C119H172N12O18S. The van der Waals surface area contributed by atoms with E-state index in [9.17, 15) is 57.5 Å². The third-order valence-electron chi connectivity index (χ3n) is 23.6. The van der Waals surface area contributed by atoms with E-state index >= 15 is 0 Å². The van der Waals surface area contributed by atoms with Gasteiger partial charge in [0.1, 0.15) is 11.5 Å². The number of nitrogens with two attached hydrogens (primary N) is 12. The molecule has 0 heterocycles. The van der Waals surface area contributed by atoms with Crippen LogP contribution >= 0.6 is 0 Å². The van der Waals surface area contributed by atoms with E-state index in [1.807, 2.05) is 229 Å². The minimum absolute atomic E-state index is 0.00829. The molecule has 0 atom stereocenters. The third kappa shape index (κ3) is 47.3. The summed E-state index contributed by atoms with van der Waals surface area (Å²) in [4.78, 5) is 140. The fraction of sp³-hybridized carbons (Fsp3) is 0.445. The number of carboxylic acid groups (broad SMARTS) is 1. The Morgan fingerprint density at radius 1 is 0.273 bits per heavy atom. The summed E-state index contributed by atoms with van der Waals surface area (Å²) in [5.74, 6) is 0.845. The highest BCUT2D eigenvalue weighted by molar-refractivity contribution is 7.59. The Morgan fingerprint density at radius 2 is 0.593 bits per heavy atom. The Balaban J connectivity index is 0.00000166. The first-order valence-electron chi connectivity index (χ1n) is 51.4. The van der Waals surface area contributed by atoms with Crippen LogP contribution in [0.1, 0.15) is 318 Å². The van der Waals surface area contributed by atoms with Gasteiger partial charge in [0, 0.05) is 116 Å². The van der Waals surface area contributed by atoms with Gasteiger partial charge in [-0.15, -0.1) is 12.6 Å². The highest BCUT2D eigenvalue weighted by atomic mass is 32.2. The number of carbonyl (C=O) groups is 12. The van der Waals surface area contributed by atoms with Crippen LogP contribution in [-0.4, -0.2) is 154 Å². The monoisotopic (exact) mass is 2090 g/mol. The smallest absolute Gasteiger partial charge is 0.425 e. The van der Waals surface area contributed by atoms with Crippen molar-refractivity contribution >= 4 is 87.3 Å². The zero-order valence-corrected chi connectivity index (χ0v) is 93.5. The Hall–Kier alpha value is -12.6. The molecule has 30 nitrogen and oxygen atoms in total. The van der Waals surface area contributed by atoms with E-state index < -0.39 is 16.6 Å². The normalized spacial score (nSPS) is 10.5. The Morgan fingerprint density at radius 3 is 1.04 bits per heavy atom. The lowest BCUT2D eigenvalue weighted by atomic mass is 9.89. The van der Waals surface area contributed by atoms with Gasteiger partial charge in [-0.25, -0.2) is 4.79 Å². The van der Waals surface area contributed by atoms with E-state index in [1.165, 1.54) is 11.6 Å². The number of aromatic carboxylic acids is 1. The van der Waals surface area contributed by atoms with Crippen molar-refractivity contribution in [1.29, 1.82) is 0 Å². The van der Waals surface area contributed by atoms with Crippen LogP contribution in [0.5, 0.6) is 11.5 Å². The van der Waals surface area contributed by atoms with Crippen molar-refractivity contribution in [2.45, 2.75) is 229 Å². The first kappa shape index (κ1) is 137. The molecule has 25 N–H and O–H groups in total. The van der Waals surface area contributed by atoms with Crippen molar-refractivity contribution in [3.05, 3.63) is 297 Å². The summed E-state index contributed by atoms with van der Waals surface area (Å²) in [6, 6.07) is 47.9. The molecule has 9 aromatic carbocycles. The maximum atomic E-state index is 12.2. The molecule has 0 saturated heterocycles. The minimum atomic E-state index is -3.11. The summed E-state index contributed by atoms with van der Waals surface area (Å²) >= 11 is 0. The summed E-state index contributed by atoms with van der Waals surface area (Å²) in [6.07, 6.45) is 8.01. The molecule has 0 aliphatic rings. The number of hydrogen-bond donors (Lipinski definition) is 13. The molecule has 0 saturated carbocycles. The van der Waals surface area contributed by atoms with Crippen LogP contribution in [0.15, 0.2) is 158 Å². The second-order valence-electron chi connectivity index (χ2n) is 38.6. The molecule has 0 amide bonds. The molecule has 0 bridgehead atoms. The number of carboxylic acids is 1. The molecule has 822 valence electrons. The molecule has 0 aromatic heterocycles. The number of ketones is 9. The van der Waals surface area contributed by atoms with Gasteiger partial charge >= 0.3 is 16.6 Å². The molecule has 0 fully saturated rings. The summed E-state index contributed by atoms with van der Waals surface area (Å²) in [6.45, 7) is 48.5. The van der Waals surface area contributed by atoms with E-state index in [1.54, 1.807) is 68.4 Å². The molecule has 9 rings (SSSR count). The third-order valence-corrected chi connectivity index (χ3v) is 23.6. The fourth-order valence-corrected chi connectivity index (χ4v) is 15.9. The first-order chi connectivity index (χ1) is 70.8. The van der Waals surface area contributed by atoms with Gasteiger partial charge in [-0.05, 0) is 296 Å². The van der Waals surface area contributed by atoms with Crippen molar-refractivity contribution < 1.29 is 84.7 Å². The van der Waals surface area contributed by atoms with Gasteiger partial charge in [-0.3, -0.25) is 52.7 Å². The minimum Gasteiger partial charge on any atom is -0.478 e. The van der Waals surface area contributed by atoms with Crippen LogP contribution in [-0.2, 0) is 91.0 Å². The van der Waals surface area contributed by atoms with Crippen LogP contribution in [0, 0.1) is 81.0 Å². The first-order valence-corrected chi connectivity index (χ1v) is 52.4. The quantitative estimate of drug-likeness (QED) is 0.00957. The standard InChI is InChI=1S/C15H24N2O.C14H22N2O.C13H20N2O.3C13H17NO3.2C13H19NO.C12H17NO.O3S/c1-11(2)15(18)14-7-3-5-12(6-4-9-16)13(14)8-10-17;1-9(2)14(17)13-10(3)6-11(8-16)7-12(13)4-5-15;1-8(2)13(16)12-7-10(15)6-9(3)11(12)4-5-14;1-9(2)13(16)12-4-3-11(17-8-15)7-10(12)5-6-14;1-9(2)13(16)12-7-11(17-8-15)4-3-10(12)5-6-14;1-8(2)12(15)10-4-3-5-11(13(16)17)9(10)6-7-14;1-9(2)13(15)12-6-4-5-10(3)11(12)7-8-14;1-9(2)13(15)12-10(3)5-4-6-11(12)7-8-14;1-9(2)12(14)11-6-4-3-5-10(11)7-8-13;1-4(2)3/h3,5,7,11H,4,6,8-10,16-17H2,1-2H3;6-7,9H,4-5,8,15-16H2,1-3H3;6-8H,4-5,14-15H2,1-3H3;2*3-4,7-9H,5-6,14H2,1-2H3;3-5,8H,6-7,14H2,1-2H3,(H,16,17);2*4-6,9H,7-8,14H2,1-3H3;3-6,9H,7-8,13H2,1-2H3;. The number of aryl methyl sites for hydroxylation is 5. The number of ether oxygens (including phenoxy) is 2. The number of rotatable bonds is 45. The van der Waals surface area contributed by atoms with Crippen LogP contribution in [0.4, 0.5) is 5.69 Å². The maximum Gasteiger partial charge on any atom is 0.425 e. The second-order valence-corrected chi connectivity index (χ2v) is 39.1. The van der Waals surface area contributed by atoms with Crippen molar-refractivity contribution in [2.75, 3.05) is 71.2 Å². The van der Waals surface area contributed by atoms with Gasteiger partial charge in [0.05, 0.1) is 5.56 Å². The van der Waals surface area contributed by atoms with E-state index in [-0.39, 0.29) is 111 Å². The molecule has 31 heteroatoms. The Labute approximate surface area is 892 Å². The highest BCUT2D eigenvalue weighted by Gasteiger charge is 2.26. The van der Waals surface area contributed by atoms with Crippen LogP contribution < -0.4 is 78.3 Å². The molecular weight excluding hydrogens is 1920 g/mol. The van der Waals surface area contributed by atoms with Crippen LogP contribution in [0.25, 0.3) is 0 Å². The summed E-state index contributed by atoms with van der Waals surface area (Å²) in [5.41, 5.74) is 89.7. The fourth-order valence-electron chi connectivity index (χ4n) is 15.9. The Kier molecular flexibility index (Phi) is 68.1. The zero-order chi connectivity index (χ0) is 114. The summed E-state index contributed by atoms with van der Waals surface area (Å²) in [5, 5.41) is 9.08. The predicted octanol–water partition coefficient (Wildman–Crippen LogP) is 16.2. The second kappa shape index (κ2) is 74.3. The topological polar surface area (TPSA) is 607 Å². The summed E-state index contributed by atoms with van der Waals surface area (Å²) in [7, 11) is -3.11. The number of benzene rings is 9. The Bertz CT molecular complexity index is 5940. The van der Waals surface area contributed by atoms with Crippen molar-refractivity contribution in [3.8, 4) is 11.5 Å². The molecule has 150 heavy (non-hydrogen) atoms. The number of carbonyl (C=O) groups excluding carboxylic acids is 11. The predicted molar refractivity (Wildman–Crippen MR) is 604 cm³/mol. The highest BCUT2D eigenvalue weighted by Crippen LogP contribution is 2.30. The van der Waals surface area contributed by atoms with Crippen molar-refractivity contribution in [1.82, 2.24) is 0 Å². The maximum absolute atomic E-state index is 12.2. The van der Waals surface area contributed by atoms with Crippen LogP contribution in [0.2, 0.25) is 0 Å². The van der Waals surface area contributed by atoms with Crippen molar-refractivity contribution in [2.24, 2.45) is 116 Å². The van der Waals surface area contributed by atoms with Gasteiger partial charge in [0.2, 0.25) is 0 Å². The van der Waals surface area contributed by atoms with Crippen LogP contribution in [0.3, 0.4) is 0 Å². The van der Waals surface area contributed by atoms with Gasteiger partial charge in [0.15, 0.2) is 52.0 Å². The van der Waals surface area contributed by atoms with Gasteiger partial charge in [0.25, 0.3) is 12.9 Å². The van der Waals surface area contributed by atoms with E-state index in [2.05, 4.69) is 6.07 Å². The lowest BCUT2D eigenvalue weighted by Crippen LogP contribution is -2.16. The number of hydrogen-bond acceptors (Lipinski definition) is 29. The average molecular weight is 2090 g/mol. The van der Waals surface area contributed by atoms with Crippen molar-refractivity contribution in [3.63, 3.8) is 0 Å². The molecule has 0 aliphatic heterocycles. The van der Waals surface area contributed by atoms with Gasteiger partial charge in [-0.1, -0.05) is 234 Å². The summed E-state index contributed by atoms with van der Waals surface area (Å²) < 4.78 is 34.8. The molecule has 0 spiro atoms. The lowest BCUT2D eigenvalue weighted by Gasteiger charge is -2.15. The number of anilines is 1. The van der Waals surface area contributed by atoms with E-state index in [4.69, 9.17) is 96.0 Å². The number of nitrogen functional groups attached to an aromatic ring is 1. The molecule has 9 aromatic rings. The number of Topliss-reactive ketones (excluding diaryl/α,β-unsaturated/α-hetero) is 9.